The van der Waals surface area contributed by atoms with Gasteiger partial charge >= 0.3 is 5.97 Å². The highest BCUT2D eigenvalue weighted by Crippen LogP contribution is 1.78. The van der Waals surface area contributed by atoms with Crippen molar-refractivity contribution in [2.75, 3.05) is 7.11 Å². The summed E-state index contributed by atoms with van der Waals surface area (Å²) in [5.74, 6) is -1.54. The number of nitrogens with two attached hydrogens (primary N) is 1. The summed E-state index contributed by atoms with van der Waals surface area (Å²) in [4.78, 5) is 23.4. The lowest BCUT2D eigenvalue weighted by atomic mass is 10.3. The number of amides is 1. The van der Waals surface area contributed by atoms with Gasteiger partial charge in [-0.3, -0.25) is 4.79 Å². The summed E-state index contributed by atoms with van der Waals surface area (Å²) in [5, 5.41) is 10.8. The van der Waals surface area contributed by atoms with Gasteiger partial charge in [0.25, 0.3) is 0 Å². The monoisotopic (exact) mass is 188 g/mol. The maximum absolute atomic E-state index is 9.82. The topological polar surface area (TPSA) is 102 Å². The van der Waals surface area contributed by atoms with Crippen LogP contribution in [0.1, 0.15) is 6.92 Å². The van der Waals surface area contributed by atoms with E-state index >= 15 is 0 Å². The molecule has 0 fully saturated rings. The first-order valence-corrected chi connectivity index (χ1v) is 3.16. The first-order valence-electron chi connectivity index (χ1n) is 3.16. The highest BCUT2D eigenvalue weighted by Gasteiger charge is 1.86. The summed E-state index contributed by atoms with van der Waals surface area (Å²) in [6.45, 7) is 4.85. The molecule has 0 bridgehead atoms. The number of primary amides is 1. The van der Waals surface area contributed by atoms with Crippen LogP contribution >= 0.6 is 0 Å². The van der Waals surface area contributed by atoms with Crippen molar-refractivity contribution in [2.45, 2.75) is 6.92 Å². The Hall–Kier alpha value is -1.85. The number of carboxylic acid groups (broad SMARTS) is 1. The average molecular weight is 188 g/mol. The van der Waals surface area contributed by atoms with Gasteiger partial charge in [0, 0.05) is 5.57 Å². The van der Waals surface area contributed by atoms with E-state index in [0.29, 0.717) is 11.8 Å². The van der Waals surface area contributed by atoms with Crippen molar-refractivity contribution >= 4 is 18.1 Å². The van der Waals surface area contributed by atoms with Crippen molar-refractivity contribution in [2.24, 2.45) is 10.9 Å². The zero-order chi connectivity index (χ0) is 10.9. The summed E-state index contributed by atoms with van der Waals surface area (Å²) < 4.78 is 0. The fraction of sp³-hybridized carbons (Fsp3) is 0.286. The van der Waals surface area contributed by atoms with Crippen molar-refractivity contribution in [1.29, 1.82) is 0 Å². The van der Waals surface area contributed by atoms with Crippen LogP contribution in [-0.4, -0.2) is 30.3 Å². The molecule has 0 radical (unpaired) electrons. The molecule has 3 N–H and O–H groups in total. The molecule has 0 saturated carbocycles. The van der Waals surface area contributed by atoms with Crippen LogP contribution in [-0.2, 0) is 14.4 Å². The zero-order valence-corrected chi connectivity index (χ0v) is 7.48. The van der Waals surface area contributed by atoms with Gasteiger partial charge in [-0.25, -0.2) is 4.79 Å². The predicted octanol–water partition coefficient (Wildman–Crippen LogP) is -0.249. The zero-order valence-electron chi connectivity index (χ0n) is 7.48. The number of aliphatic carboxylic acids is 1. The Labute approximate surface area is 75.7 Å². The highest BCUT2D eigenvalue weighted by atomic mass is 16.6. The van der Waals surface area contributed by atoms with Crippen molar-refractivity contribution in [3.8, 4) is 0 Å². The number of carboxylic acids is 1. The van der Waals surface area contributed by atoms with E-state index in [-0.39, 0.29) is 0 Å². The molecule has 0 heterocycles. The molecule has 0 atom stereocenters. The number of oxime groups is 1. The van der Waals surface area contributed by atoms with E-state index in [0.717, 1.165) is 0 Å². The lowest BCUT2D eigenvalue weighted by molar-refractivity contribution is -0.129. The van der Waals surface area contributed by atoms with Crippen LogP contribution in [0.2, 0.25) is 0 Å². The van der Waals surface area contributed by atoms with Crippen LogP contribution in [0.5, 0.6) is 0 Å². The quantitative estimate of drug-likeness (QED) is 0.362. The second-order valence-corrected chi connectivity index (χ2v) is 1.90. The summed E-state index contributed by atoms with van der Waals surface area (Å²) in [7, 11) is 1.28. The molecule has 0 aromatic carbocycles. The summed E-state index contributed by atoms with van der Waals surface area (Å²) >= 11 is 0. The van der Waals surface area contributed by atoms with Gasteiger partial charge in [0.2, 0.25) is 5.91 Å². The Morgan fingerprint density at radius 2 is 2.00 bits per heavy atom. The van der Waals surface area contributed by atoms with Crippen LogP contribution in [0, 0.1) is 0 Å². The maximum Gasteiger partial charge on any atom is 0.350 e. The van der Waals surface area contributed by atoms with E-state index in [1.807, 2.05) is 0 Å². The Kier molecular flexibility index (Phi) is 8.71. The van der Waals surface area contributed by atoms with E-state index in [1.165, 1.54) is 7.11 Å². The molecule has 0 aliphatic heterocycles. The molecule has 74 valence electrons. The van der Waals surface area contributed by atoms with Crippen LogP contribution in [0.25, 0.3) is 0 Å². The largest absolute Gasteiger partial charge is 0.477 e. The molecule has 0 spiro atoms. The van der Waals surface area contributed by atoms with Crippen molar-refractivity contribution in [1.82, 2.24) is 0 Å². The van der Waals surface area contributed by atoms with Crippen LogP contribution < -0.4 is 5.73 Å². The first kappa shape index (κ1) is 13.7. The number of rotatable bonds is 3. The second-order valence-electron chi connectivity index (χ2n) is 1.90. The van der Waals surface area contributed by atoms with E-state index < -0.39 is 11.9 Å². The smallest absolute Gasteiger partial charge is 0.350 e. The van der Waals surface area contributed by atoms with E-state index in [1.54, 1.807) is 6.92 Å². The van der Waals surface area contributed by atoms with Gasteiger partial charge in [0.1, 0.15) is 7.11 Å². The van der Waals surface area contributed by atoms with E-state index in [2.05, 4.69) is 16.6 Å². The van der Waals surface area contributed by atoms with Gasteiger partial charge in [-0.2, -0.15) is 0 Å². The van der Waals surface area contributed by atoms with E-state index in [4.69, 9.17) is 10.8 Å². The third-order valence-electron chi connectivity index (χ3n) is 0.689. The molecule has 0 saturated heterocycles. The summed E-state index contributed by atoms with van der Waals surface area (Å²) in [6, 6.07) is 0. The SMILES string of the molecule is C=C(C)C(N)=O.CON=CC(=O)O. The first-order chi connectivity index (χ1) is 5.91. The lowest BCUT2D eigenvalue weighted by Crippen LogP contribution is -2.10. The Morgan fingerprint density at radius 1 is 1.62 bits per heavy atom. The number of carbonyl (C=O) groups excluding carboxylic acids is 1. The van der Waals surface area contributed by atoms with E-state index in [9.17, 15) is 9.59 Å². The fourth-order valence-electron chi connectivity index (χ4n) is 0.0978. The molecule has 0 aromatic rings. The highest BCUT2D eigenvalue weighted by molar-refractivity contribution is 6.21. The summed E-state index contributed by atoms with van der Waals surface area (Å²) in [6.07, 6.45) is 0.667. The fourth-order valence-corrected chi connectivity index (χ4v) is 0.0978. The molecule has 1 amide bonds. The Morgan fingerprint density at radius 3 is 2.08 bits per heavy atom. The minimum absolute atomic E-state index is 0.398. The lowest BCUT2D eigenvalue weighted by Gasteiger charge is -1.81. The predicted molar refractivity (Wildman–Crippen MR) is 47.1 cm³/mol. The van der Waals surface area contributed by atoms with Crippen molar-refractivity contribution in [3.05, 3.63) is 12.2 Å². The minimum Gasteiger partial charge on any atom is -0.477 e. The molecule has 0 aliphatic rings. The number of hydrogen-bond acceptors (Lipinski definition) is 4. The Bertz CT molecular complexity index is 211. The van der Waals surface area contributed by atoms with Crippen molar-refractivity contribution in [3.63, 3.8) is 0 Å². The second kappa shape index (κ2) is 8.25. The molecular weight excluding hydrogens is 176 g/mol. The van der Waals surface area contributed by atoms with Gasteiger partial charge in [-0.1, -0.05) is 11.7 Å². The van der Waals surface area contributed by atoms with Crippen LogP contribution in [0.3, 0.4) is 0 Å². The molecule has 0 unspecified atom stereocenters. The molecule has 0 rings (SSSR count). The van der Waals surface area contributed by atoms with Crippen molar-refractivity contribution < 1.29 is 19.5 Å². The molecule has 0 aromatic heterocycles. The van der Waals surface area contributed by atoms with Crippen LogP contribution in [0.15, 0.2) is 17.3 Å². The van der Waals surface area contributed by atoms with Crippen LogP contribution in [0.4, 0.5) is 0 Å². The van der Waals surface area contributed by atoms with Gasteiger partial charge in [0.15, 0.2) is 6.21 Å². The third-order valence-corrected chi connectivity index (χ3v) is 0.689. The molecule has 0 aliphatic carbocycles. The average Bonchev–Trinajstić information content (AvgIpc) is 2.01. The number of nitrogens with zero attached hydrogens (tertiary/aromatic N) is 1. The van der Waals surface area contributed by atoms with Gasteiger partial charge in [-0.05, 0) is 6.92 Å². The molecule has 13 heavy (non-hydrogen) atoms. The third kappa shape index (κ3) is 17.8. The van der Waals surface area contributed by atoms with Gasteiger partial charge < -0.3 is 15.7 Å². The maximum atomic E-state index is 9.82. The molecule has 6 heteroatoms. The normalized spacial score (nSPS) is 8.46. The number of hydrogen-bond donors (Lipinski definition) is 2. The minimum atomic E-state index is -1.11. The summed E-state index contributed by atoms with van der Waals surface area (Å²) in [5.41, 5.74) is 5.09. The Balaban J connectivity index is 0. The van der Waals surface area contributed by atoms with Gasteiger partial charge in [-0.15, -0.1) is 0 Å². The van der Waals surface area contributed by atoms with Gasteiger partial charge in [0.05, 0.1) is 0 Å². The molecular formula is C7H12N2O4. The molecule has 6 nitrogen and oxygen atoms in total. The number of carbonyl (C=O) groups is 2. The standard InChI is InChI=1S/C4H7NO.C3H5NO3/c1-3(2)4(5)6;1-7-4-2-3(5)6/h1H2,2H3,(H2,5,6);2H,1H3,(H,5,6).